The summed E-state index contributed by atoms with van der Waals surface area (Å²) in [4.78, 5) is 14.2. The van der Waals surface area contributed by atoms with E-state index < -0.39 is 6.10 Å². The molecule has 2 rings (SSSR count). The Morgan fingerprint density at radius 2 is 1.72 bits per heavy atom. The van der Waals surface area contributed by atoms with Gasteiger partial charge in [0.2, 0.25) is 0 Å². The first kappa shape index (κ1) is 12.9. The van der Waals surface area contributed by atoms with E-state index >= 15 is 0 Å². The Morgan fingerprint density at radius 1 is 1.11 bits per heavy atom. The molecule has 0 aromatic heterocycles. The lowest BCUT2D eigenvalue weighted by Gasteiger charge is -2.24. The normalized spacial score (nSPS) is 17.9. The predicted molar refractivity (Wildman–Crippen MR) is 71.6 cm³/mol. The van der Waals surface area contributed by atoms with Crippen molar-refractivity contribution < 1.29 is 9.53 Å². The van der Waals surface area contributed by atoms with E-state index in [0.717, 1.165) is 31.7 Å². The maximum atomic E-state index is 12.3. The minimum absolute atomic E-state index is 0.112. The zero-order chi connectivity index (χ0) is 12.8. The molecule has 1 aliphatic heterocycles. The highest BCUT2D eigenvalue weighted by Gasteiger charge is 2.22. The second-order valence-corrected chi connectivity index (χ2v) is 4.81. The summed E-state index contributed by atoms with van der Waals surface area (Å²) in [5, 5.41) is 0. The average Bonchev–Trinajstić information content (AvgIpc) is 2.68. The molecule has 1 aliphatic rings. The smallest absolute Gasteiger partial charge is 0.263 e. The number of para-hydroxylation sites is 1. The van der Waals surface area contributed by atoms with Gasteiger partial charge in [-0.2, -0.15) is 0 Å². The van der Waals surface area contributed by atoms with Crippen molar-refractivity contribution in [2.75, 3.05) is 13.1 Å². The first-order valence-electron chi connectivity index (χ1n) is 6.78. The zero-order valence-corrected chi connectivity index (χ0v) is 11.0. The van der Waals surface area contributed by atoms with E-state index in [-0.39, 0.29) is 5.91 Å². The number of benzene rings is 1. The monoisotopic (exact) mass is 247 g/mol. The molecule has 1 saturated heterocycles. The summed E-state index contributed by atoms with van der Waals surface area (Å²) in [5.41, 5.74) is 0. The van der Waals surface area contributed by atoms with Crippen molar-refractivity contribution >= 4 is 5.91 Å². The largest absolute Gasteiger partial charge is 0.481 e. The SMILES string of the molecule is C[C@@H](Oc1ccccc1)C(=O)N1CCCCCC1. The molecule has 1 amide bonds. The number of rotatable bonds is 3. The summed E-state index contributed by atoms with van der Waals surface area (Å²) < 4.78 is 5.68. The molecule has 1 aromatic carbocycles. The van der Waals surface area contributed by atoms with Gasteiger partial charge in [0.15, 0.2) is 6.10 Å². The number of hydrogen-bond acceptors (Lipinski definition) is 2. The lowest BCUT2D eigenvalue weighted by atomic mass is 10.2. The Balaban J connectivity index is 1.91. The second-order valence-electron chi connectivity index (χ2n) is 4.81. The van der Waals surface area contributed by atoms with Gasteiger partial charge in [0.1, 0.15) is 5.75 Å². The fourth-order valence-corrected chi connectivity index (χ4v) is 2.30. The summed E-state index contributed by atoms with van der Waals surface area (Å²) in [6.45, 7) is 3.59. The molecule has 0 bridgehead atoms. The van der Waals surface area contributed by atoms with Gasteiger partial charge in [-0.3, -0.25) is 4.79 Å². The van der Waals surface area contributed by atoms with E-state index in [0.29, 0.717) is 0 Å². The molecule has 0 unspecified atom stereocenters. The van der Waals surface area contributed by atoms with Crippen LogP contribution in [0.2, 0.25) is 0 Å². The van der Waals surface area contributed by atoms with Crippen LogP contribution in [-0.4, -0.2) is 30.0 Å². The quantitative estimate of drug-likeness (QED) is 0.822. The van der Waals surface area contributed by atoms with Gasteiger partial charge < -0.3 is 9.64 Å². The van der Waals surface area contributed by atoms with Gasteiger partial charge in [-0.1, -0.05) is 31.0 Å². The minimum atomic E-state index is -0.398. The third kappa shape index (κ3) is 3.49. The van der Waals surface area contributed by atoms with Crippen molar-refractivity contribution in [2.24, 2.45) is 0 Å². The van der Waals surface area contributed by atoms with Crippen LogP contribution in [0.1, 0.15) is 32.6 Å². The molecular formula is C15H21NO2. The van der Waals surface area contributed by atoms with Gasteiger partial charge in [0, 0.05) is 13.1 Å². The van der Waals surface area contributed by atoms with Gasteiger partial charge in [-0.25, -0.2) is 0 Å². The van der Waals surface area contributed by atoms with Gasteiger partial charge in [-0.05, 0) is 31.9 Å². The molecule has 1 fully saturated rings. The highest BCUT2D eigenvalue weighted by Crippen LogP contribution is 2.15. The predicted octanol–water partition coefficient (Wildman–Crippen LogP) is 2.86. The molecule has 18 heavy (non-hydrogen) atoms. The van der Waals surface area contributed by atoms with Crippen LogP contribution < -0.4 is 4.74 Å². The Morgan fingerprint density at radius 3 is 2.33 bits per heavy atom. The van der Waals surface area contributed by atoms with Crippen LogP contribution in [0.3, 0.4) is 0 Å². The molecule has 0 saturated carbocycles. The maximum Gasteiger partial charge on any atom is 0.263 e. The number of amides is 1. The first-order valence-corrected chi connectivity index (χ1v) is 6.78. The molecule has 1 aromatic rings. The third-order valence-electron chi connectivity index (χ3n) is 3.32. The Kier molecular flexibility index (Phi) is 4.62. The standard InChI is InChI=1S/C15H21NO2/c1-13(18-14-9-5-4-6-10-14)15(17)16-11-7-2-3-8-12-16/h4-6,9-10,13H,2-3,7-8,11-12H2,1H3/t13-/m1/s1. The van der Waals surface area contributed by atoms with Crippen molar-refractivity contribution in [3.05, 3.63) is 30.3 Å². The van der Waals surface area contributed by atoms with Crippen LogP contribution in [0.5, 0.6) is 5.75 Å². The molecule has 1 heterocycles. The van der Waals surface area contributed by atoms with Crippen molar-refractivity contribution in [3.8, 4) is 5.75 Å². The van der Waals surface area contributed by atoms with Crippen molar-refractivity contribution in [2.45, 2.75) is 38.7 Å². The fraction of sp³-hybridized carbons (Fsp3) is 0.533. The van der Waals surface area contributed by atoms with E-state index in [1.165, 1.54) is 12.8 Å². The lowest BCUT2D eigenvalue weighted by molar-refractivity contribution is -0.137. The van der Waals surface area contributed by atoms with E-state index in [2.05, 4.69) is 0 Å². The Hall–Kier alpha value is -1.51. The molecular weight excluding hydrogens is 226 g/mol. The number of carbonyl (C=O) groups is 1. The first-order chi connectivity index (χ1) is 8.77. The summed E-state index contributed by atoms with van der Waals surface area (Å²) in [6, 6.07) is 9.53. The van der Waals surface area contributed by atoms with E-state index in [1.54, 1.807) is 0 Å². The molecule has 0 aliphatic carbocycles. The third-order valence-corrected chi connectivity index (χ3v) is 3.32. The van der Waals surface area contributed by atoms with Gasteiger partial charge in [0.05, 0.1) is 0 Å². The fourth-order valence-electron chi connectivity index (χ4n) is 2.30. The lowest BCUT2D eigenvalue weighted by Crippen LogP contribution is -2.40. The molecule has 98 valence electrons. The van der Waals surface area contributed by atoms with Crippen LogP contribution in [0, 0.1) is 0 Å². The molecule has 1 atom stereocenters. The number of ether oxygens (including phenoxy) is 1. The van der Waals surface area contributed by atoms with Gasteiger partial charge >= 0.3 is 0 Å². The van der Waals surface area contributed by atoms with Crippen LogP contribution in [0.25, 0.3) is 0 Å². The molecule has 3 heteroatoms. The van der Waals surface area contributed by atoms with E-state index in [1.807, 2.05) is 42.2 Å². The molecule has 0 radical (unpaired) electrons. The number of nitrogens with zero attached hydrogens (tertiary/aromatic N) is 1. The molecule has 3 nitrogen and oxygen atoms in total. The van der Waals surface area contributed by atoms with Gasteiger partial charge in [0.25, 0.3) is 5.91 Å². The summed E-state index contributed by atoms with van der Waals surface area (Å²) in [7, 11) is 0. The van der Waals surface area contributed by atoms with Crippen LogP contribution in [-0.2, 0) is 4.79 Å². The summed E-state index contributed by atoms with van der Waals surface area (Å²) in [5.74, 6) is 0.869. The number of hydrogen-bond donors (Lipinski definition) is 0. The highest BCUT2D eigenvalue weighted by molar-refractivity contribution is 5.80. The van der Waals surface area contributed by atoms with Crippen LogP contribution >= 0.6 is 0 Å². The highest BCUT2D eigenvalue weighted by atomic mass is 16.5. The van der Waals surface area contributed by atoms with Gasteiger partial charge in [-0.15, -0.1) is 0 Å². The number of likely N-dealkylation sites (tertiary alicyclic amines) is 1. The molecule has 0 spiro atoms. The van der Waals surface area contributed by atoms with Crippen molar-refractivity contribution in [1.29, 1.82) is 0 Å². The molecule has 0 N–H and O–H groups in total. The van der Waals surface area contributed by atoms with Crippen LogP contribution in [0.15, 0.2) is 30.3 Å². The summed E-state index contributed by atoms with van der Waals surface area (Å²) >= 11 is 0. The minimum Gasteiger partial charge on any atom is -0.481 e. The van der Waals surface area contributed by atoms with Crippen molar-refractivity contribution in [3.63, 3.8) is 0 Å². The summed E-state index contributed by atoms with van der Waals surface area (Å²) in [6.07, 6.45) is 4.30. The maximum absolute atomic E-state index is 12.3. The van der Waals surface area contributed by atoms with Crippen molar-refractivity contribution in [1.82, 2.24) is 4.90 Å². The Bertz CT molecular complexity index is 369. The zero-order valence-electron chi connectivity index (χ0n) is 11.0. The average molecular weight is 247 g/mol. The van der Waals surface area contributed by atoms with Crippen LogP contribution in [0.4, 0.5) is 0 Å². The Labute approximate surface area is 109 Å². The van der Waals surface area contributed by atoms with E-state index in [4.69, 9.17) is 4.74 Å². The van der Waals surface area contributed by atoms with E-state index in [9.17, 15) is 4.79 Å². The second kappa shape index (κ2) is 6.43. The topological polar surface area (TPSA) is 29.5 Å². The number of carbonyl (C=O) groups excluding carboxylic acids is 1.